The SMILES string of the molecule is CCOC(=O)c1c(C)[nH]c(C(=O)OCc2cc(=O)n3ccsc3n2)c1C. The van der Waals surface area contributed by atoms with Crippen molar-refractivity contribution in [1.29, 1.82) is 0 Å². The molecule has 0 spiro atoms. The van der Waals surface area contributed by atoms with Crippen molar-refractivity contribution in [3.8, 4) is 0 Å². The van der Waals surface area contributed by atoms with Crippen LogP contribution in [0.15, 0.2) is 22.4 Å². The Hall–Kier alpha value is -2.94. The van der Waals surface area contributed by atoms with Crippen LogP contribution in [-0.2, 0) is 16.1 Å². The molecule has 0 aliphatic rings. The van der Waals surface area contributed by atoms with E-state index in [2.05, 4.69) is 9.97 Å². The van der Waals surface area contributed by atoms with Crippen molar-refractivity contribution in [1.82, 2.24) is 14.4 Å². The lowest BCUT2D eigenvalue weighted by atomic mass is 10.1. The zero-order valence-corrected chi connectivity index (χ0v) is 15.3. The van der Waals surface area contributed by atoms with Gasteiger partial charge in [-0.15, -0.1) is 11.3 Å². The van der Waals surface area contributed by atoms with Crippen LogP contribution in [0.2, 0.25) is 0 Å². The molecule has 3 aromatic rings. The maximum absolute atomic E-state index is 12.4. The number of nitrogens with one attached hydrogen (secondary N) is 1. The Morgan fingerprint density at radius 1 is 1.27 bits per heavy atom. The summed E-state index contributed by atoms with van der Waals surface area (Å²) in [5, 5.41) is 1.75. The van der Waals surface area contributed by atoms with Crippen LogP contribution in [0.1, 0.15) is 44.7 Å². The van der Waals surface area contributed by atoms with Crippen LogP contribution in [-0.4, -0.2) is 32.9 Å². The van der Waals surface area contributed by atoms with Crippen LogP contribution in [0.5, 0.6) is 0 Å². The predicted molar refractivity (Wildman–Crippen MR) is 94.7 cm³/mol. The number of esters is 2. The molecule has 0 bridgehead atoms. The van der Waals surface area contributed by atoms with E-state index in [9.17, 15) is 14.4 Å². The van der Waals surface area contributed by atoms with Gasteiger partial charge in [0.25, 0.3) is 5.56 Å². The molecule has 1 N–H and O–H groups in total. The van der Waals surface area contributed by atoms with E-state index in [1.807, 2.05) is 0 Å². The first kappa shape index (κ1) is 17.9. The number of nitrogens with zero attached hydrogens (tertiary/aromatic N) is 2. The summed E-state index contributed by atoms with van der Waals surface area (Å²) in [6, 6.07) is 1.32. The molecule has 0 fully saturated rings. The van der Waals surface area contributed by atoms with Crippen molar-refractivity contribution < 1.29 is 19.1 Å². The molecule has 3 heterocycles. The molecular weight excluding hydrogens is 358 g/mol. The highest BCUT2D eigenvalue weighted by Crippen LogP contribution is 2.20. The van der Waals surface area contributed by atoms with E-state index in [0.717, 1.165) is 0 Å². The second kappa shape index (κ2) is 7.12. The molecule has 0 saturated heterocycles. The average Bonchev–Trinajstić information content (AvgIpc) is 3.17. The van der Waals surface area contributed by atoms with E-state index < -0.39 is 11.9 Å². The Morgan fingerprint density at radius 3 is 2.77 bits per heavy atom. The van der Waals surface area contributed by atoms with Gasteiger partial charge in [0.15, 0.2) is 4.96 Å². The molecule has 26 heavy (non-hydrogen) atoms. The van der Waals surface area contributed by atoms with E-state index in [0.29, 0.717) is 27.5 Å². The molecule has 0 aliphatic carbocycles. The monoisotopic (exact) mass is 375 g/mol. The predicted octanol–water partition coefficient (Wildman–Crippen LogP) is 2.23. The number of carbonyl (C=O) groups is 2. The molecule has 8 nitrogen and oxygen atoms in total. The lowest BCUT2D eigenvalue weighted by Crippen LogP contribution is -2.15. The normalized spacial score (nSPS) is 10.9. The summed E-state index contributed by atoms with van der Waals surface area (Å²) in [5.41, 5.74) is 1.63. The fourth-order valence-corrected chi connectivity index (χ4v) is 3.38. The maximum atomic E-state index is 12.4. The summed E-state index contributed by atoms with van der Waals surface area (Å²) in [4.78, 5) is 44.0. The van der Waals surface area contributed by atoms with Crippen molar-refractivity contribution in [2.75, 3.05) is 6.61 Å². The molecule has 3 aromatic heterocycles. The lowest BCUT2D eigenvalue weighted by Gasteiger charge is -2.05. The highest BCUT2D eigenvalue weighted by Gasteiger charge is 2.23. The summed E-state index contributed by atoms with van der Waals surface area (Å²) in [6.45, 7) is 5.14. The summed E-state index contributed by atoms with van der Waals surface area (Å²) < 4.78 is 11.7. The number of aromatic amines is 1. The standard InChI is InChI=1S/C17H17N3O5S/c1-4-24-15(22)13-9(2)14(18-10(13)3)16(23)25-8-11-7-12(21)20-5-6-26-17(20)19-11/h5-7,18H,4,8H2,1-3H3. The first-order chi connectivity index (χ1) is 12.4. The van der Waals surface area contributed by atoms with Gasteiger partial charge in [-0.05, 0) is 26.3 Å². The van der Waals surface area contributed by atoms with E-state index in [1.165, 1.54) is 21.8 Å². The summed E-state index contributed by atoms with van der Waals surface area (Å²) >= 11 is 1.32. The third-order valence-electron chi connectivity index (χ3n) is 3.83. The Morgan fingerprint density at radius 2 is 2.04 bits per heavy atom. The zero-order chi connectivity index (χ0) is 18.8. The third kappa shape index (κ3) is 3.25. The third-order valence-corrected chi connectivity index (χ3v) is 4.59. The molecule has 0 radical (unpaired) electrons. The van der Waals surface area contributed by atoms with Crippen LogP contribution in [0, 0.1) is 13.8 Å². The molecule has 0 aromatic carbocycles. The van der Waals surface area contributed by atoms with E-state index in [1.54, 1.807) is 32.3 Å². The largest absolute Gasteiger partial charge is 0.462 e. The number of hydrogen-bond donors (Lipinski definition) is 1. The van der Waals surface area contributed by atoms with Crippen molar-refractivity contribution in [2.24, 2.45) is 0 Å². The second-order valence-electron chi connectivity index (χ2n) is 5.56. The fourth-order valence-electron chi connectivity index (χ4n) is 2.64. The molecular formula is C17H17N3O5S. The number of H-pyrrole nitrogens is 1. The van der Waals surface area contributed by atoms with Gasteiger partial charge in [-0.3, -0.25) is 9.20 Å². The van der Waals surface area contributed by atoms with Crippen molar-refractivity contribution >= 4 is 28.2 Å². The van der Waals surface area contributed by atoms with Gasteiger partial charge < -0.3 is 14.5 Å². The zero-order valence-electron chi connectivity index (χ0n) is 14.5. The van der Waals surface area contributed by atoms with Crippen LogP contribution >= 0.6 is 11.3 Å². The van der Waals surface area contributed by atoms with E-state index >= 15 is 0 Å². The first-order valence-corrected chi connectivity index (χ1v) is 8.79. The van der Waals surface area contributed by atoms with Crippen LogP contribution < -0.4 is 5.56 Å². The molecule has 3 rings (SSSR count). The Kier molecular flexibility index (Phi) is 4.90. The molecule has 9 heteroatoms. The highest BCUT2D eigenvalue weighted by molar-refractivity contribution is 7.15. The number of aromatic nitrogens is 3. The average molecular weight is 375 g/mol. The topological polar surface area (TPSA) is 103 Å². The van der Waals surface area contributed by atoms with Crippen molar-refractivity contribution in [3.05, 3.63) is 56.2 Å². The van der Waals surface area contributed by atoms with E-state index in [-0.39, 0.29) is 24.5 Å². The van der Waals surface area contributed by atoms with Crippen LogP contribution in [0.4, 0.5) is 0 Å². The maximum Gasteiger partial charge on any atom is 0.355 e. The smallest absolute Gasteiger partial charge is 0.355 e. The van der Waals surface area contributed by atoms with Gasteiger partial charge in [0.1, 0.15) is 12.3 Å². The molecule has 0 unspecified atom stereocenters. The number of fused-ring (bicyclic) bond motifs is 1. The fraction of sp³-hybridized carbons (Fsp3) is 0.294. The minimum absolute atomic E-state index is 0.144. The van der Waals surface area contributed by atoms with Gasteiger partial charge in [-0.25, -0.2) is 14.6 Å². The quantitative estimate of drug-likeness (QED) is 0.686. The lowest BCUT2D eigenvalue weighted by molar-refractivity contribution is 0.0460. The van der Waals surface area contributed by atoms with Gasteiger partial charge >= 0.3 is 11.9 Å². The van der Waals surface area contributed by atoms with Crippen molar-refractivity contribution in [3.63, 3.8) is 0 Å². The Balaban J connectivity index is 1.78. The Labute approximate surface area is 152 Å². The van der Waals surface area contributed by atoms with Gasteiger partial charge in [0, 0.05) is 23.3 Å². The number of rotatable bonds is 5. The van der Waals surface area contributed by atoms with Gasteiger partial charge in [-0.1, -0.05) is 0 Å². The van der Waals surface area contributed by atoms with Gasteiger partial charge in [0.2, 0.25) is 0 Å². The second-order valence-corrected chi connectivity index (χ2v) is 6.44. The molecule has 0 aliphatic heterocycles. The number of carbonyl (C=O) groups excluding carboxylic acids is 2. The number of hydrogen-bond acceptors (Lipinski definition) is 7. The van der Waals surface area contributed by atoms with Crippen LogP contribution in [0.25, 0.3) is 4.96 Å². The minimum Gasteiger partial charge on any atom is -0.462 e. The van der Waals surface area contributed by atoms with E-state index in [4.69, 9.17) is 9.47 Å². The van der Waals surface area contributed by atoms with Gasteiger partial charge in [-0.2, -0.15) is 0 Å². The summed E-state index contributed by atoms with van der Waals surface area (Å²) in [5.74, 6) is -1.12. The Bertz CT molecular complexity index is 1050. The number of ether oxygens (including phenoxy) is 2. The van der Waals surface area contributed by atoms with Gasteiger partial charge in [0.05, 0.1) is 17.9 Å². The minimum atomic E-state index is -0.630. The first-order valence-electron chi connectivity index (χ1n) is 7.91. The molecule has 0 atom stereocenters. The highest BCUT2D eigenvalue weighted by atomic mass is 32.1. The number of thiazole rings is 1. The van der Waals surface area contributed by atoms with Crippen LogP contribution in [0.3, 0.4) is 0 Å². The molecule has 0 amide bonds. The number of aryl methyl sites for hydroxylation is 1. The molecule has 136 valence electrons. The van der Waals surface area contributed by atoms with Crippen molar-refractivity contribution in [2.45, 2.75) is 27.4 Å². The summed E-state index contributed by atoms with van der Waals surface area (Å²) in [6.07, 6.45) is 1.63. The summed E-state index contributed by atoms with van der Waals surface area (Å²) in [7, 11) is 0. The molecule has 0 saturated carbocycles.